The molecule has 1 fully saturated rings. The Kier molecular flexibility index (Phi) is 4.25. The second kappa shape index (κ2) is 6.55. The number of carbonyl (C=O) groups excluding carboxylic acids is 2. The Hall–Kier alpha value is -2.28. The van der Waals surface area contributed by atoms with Crippen LogP contribution in [0.25, 0.3) is 0 Å². The molecule has 130 valence electrons. The van der Waals surface area contributed by atoms with Crippen LogP contribution in [0.1, 0.15) is 47.1 Å². The molecule has 1 N–H and O–H groups in total. The molecule has 1 saturated heterocycles. The Bertz CT molecular complexity index is 833. The fourth-order valence-corrected chi connectivity index (χ4v) is 4.32. The minimum atomic E-state index is -0.0484. The van der Waals surface area contributed by atoms with Gasteiger partial charge in [-0.3, -0.25) is 9.59 Å². The maximum atomic E-state index is 13.0. The lowest BCUT2D eigenvalue weighted by Gasteiger charge is -2.23. The standard InChI is InChI=1S/C18H19N3O3S/c1-11-9-13(20-24-11)15-3-2-7-21(15)18(23)12-4-5-16-14(10-12)19-17(22)6-8-25-16/h4-5,9-10,15H,2-3,6-8H2,1H3,(H,19,22)/t15-/m1/s1. The first-order valence-corrected chi connectivity index (χ1v) is 9.41. The van der Waals surface area contributed by atoms with Crippen LogP contribution in [0, 0.1) is 6.92 Å². The van der Waals surface area contributed by atoms with Gasteiger partial charge >= 0.3 is 0 Å². The van der Waals surface area contributed by atoms with Crippen molar-refractivity contribution in [1.82, 2.24) is 10.1 Å². The fourth-order valence-electron chi connectivity index (χ4n) is 3.38. The molecule has 0 radical (unpaired) electrons. The maximum absolute atomic E-state index is 13.0. The van der Waals surface area contributed by atoms with Crippen LogP contribution in [0.3, 0.4) is 0 Å². The van der Waals surface area contributed by atoms with Gasteiger partial charge in [0.1, 0.15) is 11.5 Å². The van der Waals surface area contributed by atoms with Crippen LogP contribution >= 0.6 is 11.8 Å². The van der Waals surface area contributed by atoms with Crippen molar-refractivity contribution in [2.75, 3.05) is 17.6 Å². The third-order valence-electron chi connectivity index (χ3n) is 4.59. The molecule has 0 bridgehead atoms. The van der Waals surface area contributed by atoms with E-state index in [1.165, 1.54) is 0 Å². The fraction of sp³-hybridized carbons (Fsp3) is 0.389. The van der Waals surface area contributed by atoms with Gasteiger partial charge in [-0.15, -0.1) is 11.8 Å². The lowest BCUT2D eigenvalue weighted by Crippen LogP contribution is -2.30. The zero-order valence-electron chi connectivity index (χ0n) is 13.9. The van der Waals surface area contributed by atoms with Crippen molar-refractivity contribution < 1.29 is 14.1 Å². The summed E-state index contributed by atoms with van der Waals surface area (Å²) in [5.41, 5.74) is 2.13. The van der Waals surface area contributed by atoms with Gasteiger partial charge in [0.25, 0.3) is 5.91 Å². The predicted octanol–water partition coefficient (Wildman–Crippen LogP) is 3.39. The molecule has 2 aliphatic rings. The number of fused-ring (bicyclic) bond motifs is 1. The van der Waals surface area contributed by atoms with Gasteiger partial charge in [0.2, 0.25) is 5.91 Å². The molecule has 2 aliphatic heterocycles. The average Bonchev–Trinajstić information content (AvgIpc) is 3.19. The average molecular weight is 357 g/mol. The summed E-state index contributed by atoms with van der Waals surface area (Å²) in [7, 11) is 0. The maximum Gasteiger partial charge on any atom is 0.254 e. The first kappa shape index (κ1) is 16.2. The highest BCUT2D eigenvalue weighted by molar-refractivity contribution is 7.99. The SMILES string of the molecule is Cc1cc([C@H]2CCCN2C(=O)c2ccc3c(c2)NC(=O)CCS3)no1. The van der Waals surface area contributed by atoms with Crippen molar-refractivity contribution in [2.24, 2.45) is 0 Å². The molecule has 1 aromatic carbocycles. The van der Waals surface area contributed by atoms with Gasteiger partial charge in [-0.1, -0.05) is 5.16 Å². The molecule has 2 amide bonds. The van der Waals surface area contributed by atoms with Crippen LogP contribution in [0.15, 0.2) is 33.7 Å². The molecular formula is C18H19N3O3S. The summed E-state index contributed by atoms with van der Waals surface area (Å²) in [5, 5.41) is 6.98. The number of nitrogens with zero attached hydrogens (tertiary/aromatic N) is 2. The number of likely N-dealkylation sites (tertiary alicyclic amines) is 1. The van der Waals surface area contributed by atoms with Crippen LogP contribution in [0.2, 0.25) is 0 Å². The quantitative estimate of drug-likeness (QED) is 0.891. The second-order valence-corrected chi connectivity index (χ2v) is 7.51. The predicted molar refractivity (Wildman–Crippen MR) is 94.7 cm³/mol. The van der Waals surface area contributed by atoms with E-state index >= 15 is 0 Å². The third kappa shape index (κ3) is 3.16. The molecule has 1 aromatic heterocycles. The van der Waals surface area contributed by atoms with E-state index in [4.69, 9.17) is 4.52 Å². The topological polar surface area (TPSA) is 75.4 Å². The normalized spacial score (nSPS) is 20.1. The molecule has 4 rings (SSSR count). The number of carbonyl (C=O) groups is 2. The van der Waals surface area contributed by atoms with Crippen LogP contribution in [-0.2, 0) is 4.79 Å². The Balaban J connectivity index is 1.61. The number of hydrogen-bond acceptors (Lipinski definition) is 5. The number of benzene rings is 1. The number of hydrogen-bond donors (Lipinski definition) is 1. The summed E-state index contributed by atoms with van der Waals surface area (Å²) >= 11 is 1.64. The number of anilines is 1. The summed E-state index contributed by atoms with van der Waals surface area (Å²) in [6, 6.07) is 7.40. The molecule has 0 aliphatic carbocycles. The highest BCUT2D eigenvalue weighted by Crippen LogP contribution is 2.35. The van der Waals surface area contributed by atoms with Gasteiger partial charge in [0.15, 0.2) is 0 Å². The van der Waals surface area contributed by atoms with Gasteiger partial charge in [-0.25, -0.2) is 0 Å². The van der Waals surface area contributed by atoms with E-state index in [0.717, 1.165) is 40.6 Å². The van der Waals surface area contributed by atoms with E-state index in [0.29, 0.717) is 18.5 Å². The molecule has 0 unspecified atom stereocenters. The molecule has 7 heteroatoms. The van der Waals surface area contributed by atoms with Crippen molar-refractivity contribution in [2.45, 2.75) is 37.1 Å². The Morgan fingerprint density at radius 3 is 3.08 bits per heavy atom. The molecular weight excluding hydrogens is 338 g/mol. The number of thioether (sulfide) groups is 1. The lowest BCUT2D eigenvalue weighted by molar-refractivity contribution is -0.115. The largest absolute Gasteiger partial charge is 0.361 e. The second-order valence-electron chi connectivity index (χ2n) is 6.38. The summed E-state index contributed by atoms with van der Waals surface area (Å²) in [6.45, 7) is 2.55. The van der Waals surface area contributed by atoms with E-state index in [-0.39, 0.29) is 17.9 Å². The smallest absolute Gasteiger partial charge is 0.254 e. The highest BCUT2D eigenvalue weighted by Gasteiger charge is 2.33. The summed E-state index contributed by atoms with van der Waals surface area (Å²) < 4.78 is 5.17. The van der Waals surface area contributed by atoms with Gasteiger partial charge in [-0.2, -0.15) is 0 Å². The van der Waals surface area contributed by atoms with Crippen molar-refractivity contribution >= 4 is 29.3 Å². The van der Waals surface area contributed by atoms with Gasteiger partial charge in [0, 0.05) is 35.2 Å². The molecule has 25 heavy (non-hydrogen) atoms. The summed E-state index contributed by atoms with van der Waals surface area (Å²) in [5.74, 6) is 1.47. The highest BCUT2D eigenvalue weighted by atomic mass is 32.2. The number of aromatic nitrogens is 1. The van der Waals surface area contributed by atoms with Crippen LogP contribution < -0.4 is 5.32 Å². The van der Waals surface area contributed by atoms with Crippen molar-refractivity contribution in [3.05, 3.63) is 41.3 Å². The van der Waals surface area contributed by atoms with E-state index in [1.807, 2.05) is 30.0 Å². The Morgan fingerprint density at radius 1 is 1.40 bits per heavy atom. The van der Waals surface area contributed by atoms with E-state index in [9.17, 15) is 9.59 Å². The monoisotopic (exact) mass is 357 g/mol. The van der Waals surface area contributed by atoms with Gasteiger partial charge < -0.3 is 14.7 Å². The number of amides is 2. The number of aryl methyl sites for hydroxylation is 1. The lowest BCUT2D eigenvalue weighted by atomic mass is 10.1. The van der Waals surface area contributed by atoms with Crippen molar-refractivity contribution in [3.63, 3.8) is 0 Å². The molecule has 1 atom stereocenters. The molecule has 3 heterocycles. The summed E-state index contributed by atoms with van der Waals surface area (Å²) in [4.78, 5) is 27.7. The van der Waals surface area contributed by atoms with Gasteiger partial charge in [0.05, 0.1) is 11.7 Å². The minimum absolute atomic E-state index is 0.00651. The molecule has 0 spiro atoms. The third-order valence-corrected chi connectivity index (χ3v) is 5.66. The first-order chi connectivity index (χ1) is 12.1. The first-order valence-electron chi connectivity index (χ1n) is 8.43. The van der Waals surface area contributed by atoms with Crippen LogP contribution in [-0.4, -0.2) is 34.2 Å². The number of nitrogens with one attached hydrogen (secondary N) is 1. The Morgan fingerprint density at radius 2 is 2.28 bits per heavy atom. The van der Waals surface area contributed by atoms with Crippen LogP contribution in [0.5, 0.6) is 0 Å². The zero-order valence-corrected chi connectivity index (χ0v) is 14.8. The summed E-state index contributed by atoms with van der Waals surface area (Å²) in [6.07, 6.45) is 2.32. The molecule has 0 saturated carbocycles. The van der Waals surface area contributed by atoms with Crippen LogP contribution in [0.4, 0.5) is 5.69 Å². The van der Waals surface area contributed by atoms with E-state index in [1.54, 1.807) is 17.8 Å². The molecule has 2 aromatic rings. The molecule has 6 nitrogen and oxygen atoms in total. The van der Waals surface area contributed by atoms with E-state index < -0.39 is 0 Å². The Labute approximate surface area is 149 Å². The van der Waals surface area contributed by atoms with Crippen molar-refractivity contribution in [1.29, 1.82) is 0 Å². The van der Waals surface area contributed by atoms with Crippen molar-refractivity contribution in [3.8, 4) is 0 Å². The number of rotatable bonds is 2. The van der Waals surface area contributed by atoms with E-state index in [2.05, 4.69) is 10.5 Å². The van der Waals surface area contributed by atoms with Gasteiger partial charge in [-0.05, 0) is 38.0 Å². The minimum Gasteiger partial charge on any atom is -0.361 e. The zero-order chi connectivity index (χ0) is 17.4.